The van der Waals surface area contributed by atoms with Crippen molar-refractivity contribution in [2.45, 2.75) is 31.6 Å². The van der Waals surface area contributed by atoms with E-state index in [2.05, 4.69) is 0 Å². The van der Waals surface area contributed by atoms with Crippen molar-refractivity contribution in [2.75, 3.05) is 18.0 Å². The number of ether oxygens (including phenoxy) is 1. The van der Waals surface area contributed by atoms with E-state index in [9.17, 15) is 8.78 Å². The molecule has 2 aliphatic heterocycles. The van der Waals surface area contributed by atoms with Crippen LogP contribution in [0.2, 0.25) is 0 Å². The Morgan fingerprint density at radius 3 is 2.22 bits per heavy atom. The lowest BCUT2D eigenvalue weighted by Crippen LogP contribution is -2.43. The first-order chi connectivity index (χ1) is 8.67. The molecule has 2 fully saturated rings. The standard InChI is InChI=1S/C13H16F2N2O/c14-11-3-8(5-16)4-12(15)13(11)17-6-9-1-2-10(7-17)18-9/h3-4,9-10H,1-2,5-7,16H2. The second kappa shape index (κ2) is 4.48. The molecule has 2 atom stereocenters. The third-order valence-corrected chi connectivity index (χ3v) is 3.67. The van der Waals surface area contributed by atoms with E-state index < -0.39 is 11.6 Å². The minimum atomic E-state index is -0.531. The molecule has 1 aromatic carbocycles. The Morgan fingerprint density at radius 1 is 1.17 bits per heavy atom. The first-order valence-electron chi connectivity index (χ1n) is 6.25. The fraction of sp³-hybridized carbons (Fsp3) is 0.538. The molecule has 2 bridgehead atoms. The zero-order chi connectivity index (χ0) is 12.7. The predicted molar refractivity (Wildman–Crippen MR) is 64.4 cm³/mol. The van der Waals surface area contributed by atoms with Gasteiger partial charge in [0.05, 0.1) is 12.2 Å². The maximum absolute atomic E-state index is 14.0. The molecule has 0 aromatic heterocycles. The highest BCUT2D eigenvalue weighted by Crippen LogP contribution is 2.32. The molecule has 1 aromatic rings. The van der Waals surface area contributed by atoms with E-state index in [4.69, 9.17) is 10.5 Å². The summed E-state index contributed by atoms with van der Waals surface area (Å²) in [6, 6.07) is 2.63. The second-order valence-electron chi connectivity index (χ2n) is 4.97. The van der Waals surface area contributed by atoms with Crippen molar-refractivity contribution < 1.29 is 13.5 Å². The Kier molecular flexibility index (Phi) is 2.95. The number of fused-ring (bicyclic) bond motifs is 2. The molecular formula is C13H16F2N2O. The molecule has 0 aliphatic carbocycles. The number of hydrogen-bond donors (Lipinski definition) is 1. The van der Waals surface area contributed by atoms with Gasteiger partial charge in [-0.05, 0) is 30.5 Å². The molecule has 98 valence electrons. The summed E-state index contributed by atoms with van der Waals surface area (Å²) in [6.45, 7) is 1.26. The number of nitrogens with two attached hydrogens (primary N) is 1. The Labute approximate surface area is 105 Å². The molecule has 0 radical (unpaired) electrons. The quantitative estimate of drug-likeness (QED) is 0.874. The average molecular weight is 254 g/mol. The van der Waals surface area contributed by atoms with Crippen LogP contribution in [0.25, 0.3) is 0 Å². The van der Waals surface area contributed by atoms with Crippen LogP contribution in [0.15, 0.2) is 12.1 Å². The smallest absolute Gasteiger partial charge is 0.149 e. The van der Waals surface area contributed by atoms with Crippen LogP contribution < -0.4 is 10.6 Å². The number of anilines is 1. The lowest BCUT2D eigenvalue weighted by molar-refractivity contribution is 0.0300. The lowest BCUT2D eigenvalue weighted by Gasteiger charge is -2.34. The van der Waals surface area contributed by atoms with E-state index in [0.29, 0.717) is 18.7 Å². The van der Waals surface area contributed by atoms with E-state index >= 15 is 0 Å². The fourth-order valence-electron chi connectivity index (χ4n) is 2.84. The van der Waals surface area contributed by atoms with Crippen molar-refractivity contribution in [3.63, 3.8) is 0 Å². The highest BCUT2D eigenvalue weighted by molar-refractivity contribution is 5.51. The van der Waals surface area contributed by atoms with E-state index in [-0.39, 0.29) is 24.4 Å². The molecule has 2 unspecified atom stereocenters. The number of hydrogen-bond acceptors (Lipinski definition) is 3. The number of rotatable bonds is 2. The first-order valence-corrected chi connectivity index (χ1v) is 6.25. The lowest BCUT2D eigenvalue weighted by atomic mass is 10.1. The Morgan fingerprint density at radius 2 is 1.72 bits per heavy atom. The summed E-state index contributed by atoms with van der Waals surface area (Å²) in [5.74, 6) is -1.06. The molecule has 2 heterocycles. The predicted octanol–water partition coefficient (Wildman–Crippen LogP) is 1.79. The van der Waals surface area contributed by atoms with Crippen LogP contribution in [0.1, 0.15) is 18.4 Å². The second-order valence-corrected chi connectivity index (χ2v) is 4.97. The van der Waals surface area contributed by atoms with Crippen molar-refractivity contribution in [1.82, 2.24) is 0 Å². The van der Waals surface area contributed by atoms with Crippen LogP contribution in [0, 0.1) is 11.6 Å². The van der Waals surface area contributed by atoms with Crippen LogP contribution in [0.5, 0.6) is 0 Å². The van der Waals surface area contributed by atoms with E-state index in [1.54, 1.807) is 4.90 Å². The van der Waals surface area contributed by atoms with Gasteiger partial charge in [0.2, 0.25) is 0 Å². The first kappa shape index (κ1) is 11.9. The van der Waals surface area contributed by atoms with Crippen LogP contribution in [-0.2, 0) is 11.3 Å². The Balaban J connectivity index is 1.92. The largest absolute Gasteiger partial charge is 0.371 e. The van der Waals surface area contributed by atoms with Gasteiger partial charge in [0.15, 0.2) is 0 Å². The summed E-state index contributed by atoms with van der Waals surface area (Å²) in [5.41, 5.74) is 5.94. The summed E-state index contributed by atoms with van der Waals surface area (Å²) in [4.78, 5) is 1.76. The number of morpholine rings is 1. The van der Waals surface area contributed by atoms with Crippen molar-refractivity contribution in [3.8, 4) is 0 Å². The van der Waals surface area contributed by atoms with E-state index in [0.717, 1.165) is 12.8 Å². The molecule has 2 N–H and O–H groups in total. The molecule has 3 nitrogen and oxygen atoms in total. The molecule has 0 saturated carbocycles. The molecule has 3 rings (SSSR count). The number of benzene rings is 1. The summed E-state index contributed by atoms with van der Waals surface area (Å²) in [7, 11) is 0. The average Bonchev–Trinajstić information content (AvgIpc) is 2.67. The highest BCUT2D eigenvalue weighted by Gasteiger charge is 2.35. The minimum Gasteiger partial charge on any atom is -0.371 e. The van der Waals surface area contributed by atoms with Crippen molar-refractivity contribution in [3.05, 3.63) is 29.3 Å². The highest BCUT2D eigenvalue weighted by atomic mass is 19.1. The number of nitrogens with zero attached hydrogens (tertiary/aromatic N) is 1. The zero-order valence-electron chi connectivity index (χ0n) is 10.0. The van der Waals surface area contributed by atoms with Crippen LogP contribution in [-0.4, -0.2) is 25.3 Å². The van der Waals surface area contributed by atoms with Crippen LogP contribution in [0.3, 0.4) is 0 Å². The summed E-state index contributed by atoms with van der Waals surface area (Å²) < 4.78 is 33.6. The monoisotopic (exact) mass is 254 g/mol. The van der Waals surface area contributed by atoms with Gasteiger partial charge in [0.25, 0.3) is 0 Å². The molecular weight excluding hydrogens is 238 g/mol. The normalized spacial score (nSPS) is 26.7. The maximum atomic E-state index is 14.0. The third kappa shape index (κ3) is 1.97. The van der Waals surface area contributed by atoms with Gasteiger partial charge in [-0.1, -0.05) is 0 Å². The Hall–Kier alpha value is -1.20. The zero-order valence-corrected chi connectivity index (χ0v) is 10.0. The molecule has 18 heavy (non-hydrogen) atoms. The topological polar surface area (TPSA) is 38.5 Å². The van der Waals surface area contributed by atoms with Gasteiger partial charge in [0, 0.05) is 19.6 Å². The third-order valence-electron chi connectivity index (χ3n) is 3.67. The van der Waals surface area contributed by atoms with Crippen LogP contribution >= 0.6 is 0 Å². The summed E-state index contributed by atoms with van der Waals surface area (Å²) in [5, 5.41) is 0. The molecule has 5 heteroatoms. The van der Waals surface area contributed by atoms with Gasteiger partial charge in [-0.2, -0.15) is 0 Å². The molecule has 0 amide bonds. The van der Waals surface area contributed by atoms with Gasteiger partial charge in [-0.25, -0.2) is 8.78 Å². The number of halogens is 2. The minimum absolute atomic E-state index is 0.0624. The summed E-state index contributed by atoms with van der Waals surface area (Å²) >= 11 is 0. The van der Waals surface area contributed by atoms with E-state index in [1.165, 1.54) is 12.1 Å². The van der Waals surface area contributed by atoms with E-state index in [1.807, 2.05) is 0 Å². The maximum Gasteiger partial charge on any atom is 0.149 e. The van der Waals surface area contributed by atoms with Crippen LogP contribution in [0.4, 0.5) is 14.5 Å². The van der Waals surface area contributed by atoms with Crippen molar-refractivity contribution >= 4 is 5.69 Å². The van der Waals surface area contributed by atoms with Gasteiger partial charge in [-0.15, -0.1) is 0 Å². The molecule has 2 aliphatic rings. The fourth-order valence-corrected chi connectivity index (χ4v) is 2.84. The SMILES string of the molecule is NCc1cc(F)c(N2CC3CCC(C2)O3)c(F)c1. The van der Waals surface area contributed by atoms with Gasteiger partial charge >= 0.3 is 0 Å². The molecule has 0 spiro atoms. The Bertz CT molecular complexity index is 431. The van der Waals surface area contributed by atoms with Gasteiger partial charge in [0.1, 0.15) is 17.3 Å². The van der Waals surface area contributed by atoms with Gasteiger partial charge < -0.3 is 15.4 Å². The van der Waals surface area contributed by atoms with Crippen molar-refractivity contribution in [2.24, 2.45) is 5.73 Å². The summed E-state index contributed by atoms with van der Waals surface area (Å²) in [6.07, 6.45) is 2.17. The molecule has 2 saturated heterocycles. The van der Waals surface area contributed by atoms with Crippen molar-refractivity contribution in [1.29, 1.82) is 0 Å². The van der Waals surface area contributed by atoms with Gasteiger partial charge in [-0.3, -0.25) is 0 Å².